The van der Waals surface area contributed by atoms with Crippen molar-refractivity contribution < 1.29 is 23.9 Å². The van der Waals surface area contributed by atoms with Gasteiger partial charge in [0.05, 0.1) is 17.4 Å². The van der Waals surface area contributed by atoms with Crippen molar-refractivity contribution in [3.8, 4) is 11.1 Å². The van der Waals surface area contributed by atoms with Crippen LogP contribution >= 0.6 is 0 Å². The highest BCUT2D eigenvalue weighted by Gasteiger charge is 2.23. The minimum Gasteiger partial charge on any atom is -0.476 e. The molecule has 0 spiro atoms. The van der Waals surface area contributed by atoms with Gasteiger partial charge in [0.1, 0.15) is 11.5 Å². The van der Waals surface area contributed by atoms with Gasteiger partial charge in [0.25, 0.3) is 5.91 Å². The van der Waals surface area contributed by atoms with Crippen molar-refractivity contribution in [2.75, 3.05) is 25.5 Å². The molecule has 2 amide bonds. The summed E-state index contributed by atoms with van der Waals surface area (Å²) in [6.07, 6.45) is 8.05. The molecule has 1 fully saturated rings. The number of amides is 2. The molecule has 3 N–H and O–H groups in total. The van der Waals surface area contributed by atoms with Gasteiger partial charge in [-0.15, -0.1) is 0 Å². The monoisotopic (exact) mass is 531 g/mol. The van der Waals surface area contributed by atoms with E-state index in [0.29, 0.717) is 12.1 Å². The first-order valence-electron chi connectivity index (χ1n) is 12.5. The number of nitrogens with one attached hydrogen (secondary N) is 2. The second-order valence-corrected chi connectivity index (χ2v) is 9.27. The quantitative estimate of drug-likeness (QED) is 0.341. The van der Waals surface area contributed by atoms with Gasteiger partial charge < -0.3 is 15.7 Å². The van der Waals surface area contributed by atoms with E-state index in [-0.39, 0.29) is 27.8 Å². The zero-order valence-electron chi connectivity index (χ0n) is 21.1. The highest BCUT2D eigenvalue weighted by Crippen LogP contribution is 2.30. The number of anilines is 1. The van der Waals surface area contributed by atoms with E-state index in [9.17, 15) is 19.5 Å². The topological polar surface area (TPSA) is 142 Å². The second kappa shape index (κ2) is 11.0. The average Bonchev–Trinajstić information content (AvgIpc) is 3.32. The van der Waals surface area contributed by atoms with Crippen LogP contribution in [0, 0.1) is 5.82 Å². The molecule has 0 unspecified atom stereocenters. The van der Waals surface area contributed by atoms with Crippen LogP contribution in [0.2, 0.25) is 0 Å². The molecule has 1 saturated heterocycles. The van der Waals surface area contributed by atoms with Gasteiger partial charge in [0.2, 0.25) is 0 Å². The van der Waals surface area contributed by atoms with E-state index in [4.69, 9.17) is 0 Å². The summed E-state index contributed by atoms with van der Waals surface area (Å²) in [4.78, 5) is 47.2. The number of carbonyl (C=O) groups excluding carboxylic acids is 2. The fraction of sp³-hybridized carbons (Fsp3) is 0.259. The molecule has 0 bridgehead atoms. The number of nitrogens with zero attached hydrogens (tertiary/aromatic N) is 5. The third-order valence-corrected chi connectivity index (χ3v) is 6.60. The number of hydrogen-bond donors (Lipinski definition) is 3. The number of carboxylic acid groups (broad SMARTS) is 1. The minimum atomic E-state index is -1.36. The van der Waals surface area contributed by atoms with E-state index in [1.54, 1.807) is 6.20 Å². The number of hydrogen-bond acceptors (Lipinski definition) is 7. The fourth-order valence-electron chi connectivity index (χ4n) is 4.67. The van der Waals surface area contributed by atoms with Crippen molar-refractivity contribution in [2.24, 2.45) is 0 Å². The molecule has 1 aliphatic rings. The van der Waals surface area contributed by atoms with Crippen molar-refractivity contribution in [2.45, 2.75) is 25.8 Å². The molecule has 0 saturated carbocycles. The van der Waals surface area contributed by atoms with Crippen LogP contribution in [-0.2, 0) is 6.54 Å². The van der Waals surface area contributed by atoms with Gasteiger partial charge in [0, 0.05) is 48.6 Å². The minimum absolute atomic E-state index is 0.0153. The smallest absolute Gasteiger partial charge is 0.357 e. The van der Waals surface area contributed by atoms with Crippen molar-refractivity contribution >= 4 is 34.5 Å². The Balaban J connectivity index is 1.46. The maximum atomic E-state index is 15.4. The van der Waals surface area contributed by atoms with E-state index in [2.05, 4.69) is 30.6 Å². The lowest BCUT2D eigenvalue weighted by Gasteiger charge is -2.26. The summed E-state index contributed by atoms with van der Waals surface area (Å²) in [5.74, 6) is -2.41. The first kappa shape index (κ1) is 25.9. The number of aromatic nitrogens is 4. The predicted octanol–water partition coefficient (Wildman–Crippen LogP) is 3.76. The molecule has 200 valence electrons. The molecule has 1 aliphatic heterocycles. The molecule has 5 rings (SSSR count). The number of rotatable bonds is 6. The molecular weight excluding hydrogens is 505 g/mol. The first-order chi connectivity index (χ1) is 18.8. The van der Waals surface area contributed by atoms with Gasteiger partial charge >= 0.3 is 12.0 Å². The van der Waals surface area contributed by atoms with Crippen molar-refractivity contribution in [3.05, 3.63) is 71.7 Å². The number of piperidine rings is 1. The zero-order valence-corrected chi connectivity index (χ0v) is 21.1. The summed E-state index contributed by atoms with van der Waals surface area (Å²) in [6.45, 7) is 2.70. The van der Waals surface area contributed by atoms with Gasteiger partial charge in [-0.3, -0.25) is 14.7 Å². The van der Waals surface area contributed by atoms with Crippen molar-refractivity contribution in [1.29, 1.82) is 0 Å². The third-order valence-electron chi connectivity index (χ3n) is 6.60. The van der Waals surface area contributed by atoms with E-state index in [1.807, 2.05) is 6.07 Å². The number of fused-ring (bicyclic) bond motifs is 1. The Morgan fingerprint density at radius 3 is 2.54 bits per heavy atom. The van der Waals surface area contributed by atoms with E-state index < -0.39 is 29.4 Å². The predicted molar refractivity (Wildman–Crippen MR) is 141 cm³/mol. The van der Waals surface area contributed by atoms with E-state index in [1.165, 1.54) is 44.1 Å². The molecule has 4 heterocycles. The summed E-state index contributed by atoms with van der Waals surface area (Å²) in [5.41, 5.74) is 1.56. The van der Waals surface area contributed by atoms with Gasteiger partial charge in [-0.1, -0.05) is 6.42 Å². The first-order valence-corrected chi connectivity index (χ1v) is 12.5. The lowest BCUT2D eigenvalue weighted by atomic mass is 10.0. The molecule has 4 aromatic rings. The van der Waals surface area contributed by atoms with Gasteiger partial charge in [-0.05, 0) is 55.8 Å². The molecule has 1 aromatic carbocycles. The van der Waals surface area contributed by atoms with Gasteiger partial charge in [-0.25, -0.2) is 19.0 Å². The number of benzene rings is 1. The van der Waals surface area contributed by atoms with Crippen LogP contribution in [0.25, 0.3) is 22.0 Å². The summed E-state index contributed by atoms with van der Waals surface area (Å²) in [5, 5.41) is 18.8. The number of carbonyl (C=O) groups is 3. The standard InChI is InChI=1S/C27H26FN7O4/c1-29-25(36)22-6-5-18(14-31-22)32-27(39)35-23-11-21(28)19(10-20(23)24(33-35)26(37)38)17-9-16(12-30-13-17)15-34-7-3-2-4-8-34/h5-6,9-14H,2-4,7-8,15H2,1H3,(H,29,36)(H,32,39)(H,37,38). The summed E-state index contributed by atoms with van der Waals surface area (Å²) < 4.78 is 16.2. The van der Waals surface area contributed by atoms with Crippen LogP contribution in [0.5, 0.6) is 0 Å². The Morgan fingerprint density at radius 2 is 1.85 bits per heavy atom. The Labute approximate surface area is 222 Å². The number of aromatic carboxylic acids is 1. The average molecular weight is 532 g/mol. The Hall–Kier alpha value is -4.71. The summed E-state index contributed by atoms with van der Waals surface area (Å²) in [7, 11) is 1.47. The molecule has 3 aromatic heterocycles. The van der Waals surface area contributed by atoms with E-state index in [0.717, 1.165) is 42.2 Å². The molecule has 0 aliphatic carbocycles. The zero-order chi connectivity index (χ0) is 27.5. The normalized spacial score (nSPS) is 13.8. The highest BCUT2D eigenvalue weighted by atomic mass is 19.1. The lowest BCUT2D eigenvalue weighted by Crippen LogP contribution is -2.29. The van der Waals surface area contributed by atoms with Crippen LogP contribution in [0.4, 0.5) is 14.9 Å². The van der Waals surface area contributed by atoms with Crippen LogP contribution in [-0.4, -0.2) is 67.8 Å². The van der Waals surface area contributed by atoms with Crippen LogP contribution < -0.4 is 10.6 Å². The molecule has 12 heteroatoms. The number of likely N-dealkylation sites (tertiary alicyclic amines) is 1. The lowest BCUT2D eigenvalue weighted by molar-refractivity contribution is 0.0691. The Kier molecular flexibility index (Phi) is 7.28. The Bertz CT molecular complexity index is 1560. The number of halogens is 1. The Morgan fingerprint density at radius 1 is 1.05 bits per heavy atom. The van der Waals surface area contributed by atoms with Crippen molar-refractivity contribution in [3.63, 3.8) is 0 Å². The molecule has 0 radical (unpaired) electrons. The number of pyridine rings is 2. The largest absolute Gasteiger partial charge is 0.476 e. The second-order valence-electron chi connectivity index (χ2n) is 9.27. The van der Waals surface area contributed by atoms with Gasteiger partial charge in [-0.2, -0.15) is 9.78 Å². The molecule has 11 nitrogen and oxygen atoms in total. The third kappa shape index (κ3) is 5.46. The maximum absolute atomic E-state index is 15.4. The van der Waals surface area contributed by atoms with Crippen LogP contribution in [0.3, 0.4) is 0 Å². The molecule has 39 heavy (non-hydrogen) atoms. The highest BCUT2D eigenvalue weighted by molar-refractivity contribution is 6.06. The van der Waals surface area contributed by atoms with E-state index >= 15 is 4.39 Å². The molecule has 0 atom stereocenters. The molecular formula is C27H26FN7O4. The maximum Gasteiger partial charge on any atom is 0.357 e. The van der Waals surface area contributed by atoms with Crippen molar-refractivity contribution in [1.82, 2.24) is 30.0 Å². The van der Waals surface area contributed by atoms with Crippen LogP contribution in [0.15, 0.2) is 48.9 Å². The summed E-state index contributed by atoms with van der Waals surface area (Å²) >= 11 is 0. The summed E-state index contributed by atoms with van der Waals surface area (Å²) in [6, 6.07) is 6.37. The number of carboxylic acids is 1. The van der Waals surface area contributed by atoms with Gasteiger partial charge in [0.15, 0.2) is 5.69 Å². The fourth-order valence-corrected chi connectivity index (χ4v) is 4.67. The SMILES string of the molecule is CNC(=O)c1ccc(NC(=O)n2nc(C(=O)O)c3cc(-c4cncc(CN5CCCCC5)c4)c(F)cc32)cn1. The van der Waals surface area contributed by atoms with Crippen LogP contribution in [0.1, 0.15) is 45.8 Å².